The predicted molar refractivity (Wildman–Crippen MR) is 77.0 cm³/mol. The molecule has 2 N–H and O–H groups in total. The Morgan fingerprint density at radius 2 is 1.84 bits per heavy atom. The molecular weight excluding hydrogens is 261 g/mol. The van der Waals surface area contributed by atoms with Gasteiger partial charge in [-0.25, -0.2) is 4.39 Å². The third-order valence-electron chi connectivity index (χ3n) is 2.79. The van der Waals surface area contributed by atoms with E-state index in [1.165, 1.54) is 16.8 Å². The first-order valence-electron chi connectivity index (χ1n) is 5.87. The average Bonchev–Trinajstić information content (AvgIpc) is 2.80. The van der Waals surface area contributed by atoms with Gasteiger partial charge >= 0.3 is 0 Å². The molecule has 2 aromatic carbocycles. The maximum atomic E-state index is 12.8. The summed E-state index contributed by atoms with van der Waals surface area (Å²) in [5.41, 5.74) is 6.51. The summed E-state index contributed by atoms with van der Waals surface area (Å²) in [7, 11) is 0. The summed E-state index contributed by atoms with van der Waals surface area (Å²) >= 11 is 1.67. The van der Waals surface area contributed by atoms with Crippen LogP contribution < -0.4 is 10.5 Å². The highest BCUT2D eigenvalue weighted by Crippen LogP contribution is 2.28. The molecule has 0 atom stereocenters. The highest BCUT2D eigenvalue weighted by Gasteiger charge is 2.03. The smallest absolute Gasteiger partial charge is 0.123 e. The SMILES string of the molecule is Nc1ccc2sc(COc3ccc(F)cc3)cc2c1. The number of ether oxygens (including phenoxy) is 1. The molecule has 0 unspecified atom stereocenters. The molecule has 1 aromatic heterocycles. The molecule has 0 fully saturated rings. The van der Waals surface area contributed by atoms with Gasteiger partial charge in [0.25, 0.3) is 0 Å². The van der Waals surface area contributed by atoms with Crippen molar-refractivity contribution in [1.29, 1.82) is 0 Å². The summed E-state index contributed by atoms with van der Waals surface area (Å²) in [4.78, 5) is 1.12. The van der Waals surface area contributed by atoms with Crippen molar-refractivity contribution in [2.45, 2.75) is 6.61 Å². The summed E-state index contributed by atoms with van der Waals surface area (Å²) in [6.07, 6.45) is 0. The molecule has 96 valence electrons. The highest BCUT2D eigenvalue weighted by molar-refractivity contribution is 7.19. The lowest BCUT2D eigenvalue weighted by molar-refractivity contribution is 0.309. The van der Waals surface area contributed by atoms with Gasteiger partial charge in [0.15, 0.2) is 0 Å². The largest absolute Gasteiger partial charge is 0.488 e. The standard InChI is InChI=1S/C15H12FNOS/c16-11-1-4-13(5-2-11)18-9-14-8-10-7-12(17)3-6-15(10)19-14/h1-8H,9,17H2. The number of fused-ring (bicyclic) bond motifs is 1. The van der Waals surface area contributed by atoms with Crippen LogP contribution in [-0.2, 0) is 6.61 Å². The van der Waals surface area contributed by atoms with Crippen LogP contribution in [0.5, 0.6) is 5.75 Å². The van der Waals surface area contributed by atoms with E-state index in [0.29, 0.717) is 12.4 Å². The molecule has 4 heteroatoms. The summed E-state index contributed by atoms with van der Waals surface area (Å²) in [6, 6.07) is 14.0. The van der Waals surface area contributed by atoms with E-state index in [1.807, 2.05) is 18.2 Å². The first-order valence-corrected chi connectivity index (χ1v) is 6.69. The topological polar surface area (TPSA) is 35.2 Å². The molecule has 1 heterocycles. The van der Waals surface area contributed by atoms with E-state index < -0.39 is 0 Å². The summed E-state index contributed by atoms with van der Waals surface area (Å²) < 4.78 is 19.6. The Kier molecular flexibility index (Phi) is 3.09. The molecule has 0 saturated heterocycles. The minimum atomic E-state index is -0.260. The van der Waals surface area contributed by atoms with Gasteiger partial charge in [0.05, 0.1) is 0 Å². The molecule has 0 aliphatic rings. The lowest BCUT2D eigenvalue weighted by Crippen LogP contribution is -1.92. The Morgan fingerprint density at radius 3 is 2.63 bits per heavy atom. The molecule has 0 radical (unpaired) electrons. The van der Waals surface area contributed by atoms with Crippen LogP contribution in [0.3, 0.4) is 0 Å². The molecular formula is C15H12FNOS. The zero-order chi connectivity index (χ0) is 13.2. The number of hydrogen-bond donors (Lipinski definition) is 1. The van der Waals surface area contributed by atoms with E-state index in [9.17, 15) is 4.39 Å². The second kappa shape index (κ2) is 4.90. The van der Waals surface area contributed by atoms with Gasteiger partial charge in [-0.3, -0.25) is 0 Å². The minimum absolute atomic E-state index is 0.260. The Morgan fingerprint density at radius 1 is 1.05 bits per heavy atom. The zero-order valence-corrected chi connectivity index (χ0v) is 10.9. The lowest BCUT2D eigenvalue weighted by atomic mass is 10.2. The Labute approximate surface area is 114 Å². The monoisotopic (exact) mass is 273 g/mol. The first-order chi connectivity index (χ1) is 9.20. The maximum Gasteiger partial charge on any atom is 0.123 e. The van der Waals surface area contributed by atoms with E-state index in [4.69, 9.17) is 10.5 Å². The quantitative estimate of drug-likeness (QED) is 0.726. The zero-order valence-electron chi connectivity index (χ0n) is 10.1. The normalized spacial score (nSPS) is 10.8. The Bertz CT molecular complexity index is 706. The molecule has 3 rings (SSSR count). The fraction of sp³-hybridized carbons (Fsp3) is 0.0667. The van der Waals surface area contributed by atoms with Crippen molar-refractivity contribution >= 4 is 27.1 Å². The lowest BCUT2D eigenvalue weighted by Gasteiger charge is -2.03. The van der Waals surface area contributed by atoms with Crippen LogP contribution >= 0.6 is 11.3 Å². The summed E-state index contributed by atoms with van der Waals surface area (Å²) in [5.74, 6) is 0.406. The third-order valence-corrected chi connectivity index (χ3v) is 3.88. The molecule has 2 nitrogen and oxygen atoms in total. The number of anilines is 1. The number of hydrogen-bond acceptors (Lipinski definition) is 3. The Hall–Kier alpha value is -2.07. The number of nitrogens with two attached hydrogens (primary N) is 1. The van der Waals surface area contributed by atoms with Gasteiger partial charge in [-0.15, -0.1) is 11.3 Å². The van der Waals surface area contributed by atoms with Gasteiger partial charge in [0.2, 0.25) is 0 Å². The molecule has 0 spiro atoms. The second-order valence-electron chi connectivity index (χ2n) is 4.25. The molecule has 0 aliphatic carbocycles. The summed E-state index contributed by atoms with van der Waals surface area (Å²) in [5, 5.41) is 1.13. The van der Waals surface area contributed by atoms with E-state index in [2.05, 4.69) is 6.07 Å². The fourth-order valence-electron chi connectivity index (χ4n) is 1.87. The van der Waals surface area contributed by atoms with Gasteiger partial charge in [0, 0.05) is 15.3 Å². The molecule has 19 heavy (non-hydrogen) atoms. The van der Waals surface area contributed by atoms with Gasteiger partial charge in [0.1, 0.15) is 18.2 Å². The highest BCUT2D eigenvalue weighted by atomic mass is 32.1. The van der Waals surface area contributed by atoms with E-state index >= 15 is 0 Å². The minimum Gasteiger partial charge on any atom is -0.488 e. The Balaban J connectivity index is 1.76. The second-order valence-corrected chi connectivity index (χ2v) is 5.42. The van der Waals surface area contributed by atoms with Crippen LogP contribution in [0.15, 0.2) is 48.5 Å². The van der Waals surface area contributed by atoms with Crippen molar-refractivity contribution in [3.05, 3.63) is 59.2 Å². The number of halogens is 1. The first kappa shape index (κ1) is 12.0. The van der Waals surface area contributed by atoms with Crippen LogP contribution in [0.4, 0.5) is 10.1 Å². The summed E-state index contributed by atoms with van der Waals surface area (Å²) in [6.45, 7) is 0.477. The number of nitrogen functional groups attached to an aromatic ring is 1. The maximum absolute atomic E-state index is 12.8. The van der Waals surface area contributed by atoms with Gasteiger partial charge in [-0.2, -0.15) is 0 Å². The fourth-order valence-corrected chi connectivity index (χ4v) is 2.83. The van der Waals surface area contributed by atoms with Crippen LogP contribution in [-0.4, -0.2) is 0 Å². The van der Waals surface area contributed by atoms with E-state index in [0.717, 1.165) is 16.0 Å². The van der Waals surface area contributed by atoms with Crippen molar-refractivity contribution in [3.63, 3.8) is 0 Å². The van der Waals surface area contributed by atoms with E-state index in [1.54, 1.807) is 23.5 Å². The number of rotatable bonds is 3. The molecule has 3 aromatic rings. The van der Waals surface area contributed by atoms with Crippen LogP contribution in [0, 0.1) is 5.82 Å². The van der Waals surface area contributed by atoms with Gasteiger partial charge in [-0.05, 0) is 53.9 Å². The predicted octanol–water partition coefficient (Wildman–Crippen LogP) is 4.20. The van der Waals surface area contributed by atoms with Crippen molar-refractivity contribution in [2.75, 3.05) is 5.73 Å². The van der Waals surface area contributed by atoms with Crippen molar-refractivity contribution in [2.24, 2.45) is 0 Å². The van der Waals surface area contributed by atoms with E-state index in [-0.39, 0.29) is 5.82 Å². The molecule has 0 amide bonds. The molecule has 0 aliphatic heterocycles. The average molecular weight is 273 g/mol. The van der Waals surface area contributed by atoms with Gasteiger partial charge < -0.3 is 10.5 Å². The number of thiophene rings is 1. The van der Waals surface area contributed by atoms with Crippen LogP contribution in [0.2, 0.25) is 0 Å². The van der Waals surface area contributed by atoms with Crippen molar-refractivity contribution < 1.29 is 9.13 Å². The molecule has 0 bridgehead atoms. The third kappa shape index (κ3) is 2.69. The van der Waals surface area contributed by atoms with Crippen molar-refractivity contribution in [3.8, 4) is 5.75 Å². The molecule has 0 saturated carbocycles. The van der Waals surface area contributed by atoms with Crippen LogP contribution in [0.1, 0.15) is 4.88 Å². The van der Waals surface area contributed by atoms with Crippen LogP contribution in [0.25, 0.3) is 10.1 Å². The van der Waals surface area contributed by atoms with Crippen molar-refractivity contribution in [1.82, 2.24) is 0 Å². The van der Waals surface area contributed by atoms with Gasteiger partial charge in [-0.1, -0.05) is 0 Å². The number of benzene rings is 2.